The van der Waals surface area contributed by atoms with Gasteiger partial charge in [0.05, 0.1) is 12.5 Å². The standard InChI is InChI=1S/C12H15NO2/c1-13(11-7-12(14)15-9-11)8-10-5-3-2-4-6-10/h2-6,11H,7-9H2,1H3. The summed E-state index contributed by atoms with van der Waals surface area (Å²) in [4.78, 5) is 13.1. The van der Waals surface area contributed by atoms with E-state index in [1.165, 1.54) is 5.56 Å². The minimum atomic E-state index is -0.0834. The molecule has 1 heterocycles. The van der Waals surface area contributed by atoms with Crippen molar-refractivity contribution < 1.29 is 9.53 Å². The predicted molar refractivity (Wildman–Crippen MR) is 57.3 cm³/mol. The number of carbonyl (C=O) groups is 1. The van der Waals surface area contributed by atoms with Crippen LogP contribution in [0.4, 0.5) is 0 Å². The zero-order chi connectivity index (χ0) is 10.7. The Labute approximate surface area is 89.7 Å². The average molecular weight is 205 g/mol. The van der Waals surface area contributed by atoms with E-state index in [4.69, 9.17) is 4.74 Å². The number of hydrogen-bond acceptors (Lipinski definition) is 3. The van der Waals surface area contributed by atoms with Crippen molar-refractivity contribution in [3.05, 3.63) is 35.9 Å². The minimum absolute atomic E-state index is 0.0834. The van der Waals surface area contributed by atoms with Crippen LogP contribution in [0, 0.1) is 0 Å². The first-order chi connectivity index (χ1) is 7.25. The topological polar surface area (TPSA) is 29.5 Å². The van der Waals surface area contributed by atoms with Gasteiger partial charge in [-0.3, -0.25) is 9.69 Å². The van der Waals surface area contributed by atoms with E-state index in [1.54, 1.807) is 0 Å². The molecule has 1 aromatic carbocycles. The van der Waals surface area contributed by atoms with E-state index in [1.807, 2.05) is 25.2 Å². The molecule has 80 valence electrons. The lowest BCUT2D eigenvalue weighted by molar-refractivity contribution is -0.137. The Morgan fingerprint density at radius 1 is 1.40 bits per heavy atom. The Bertz CT molecular complexity index is 337. The van der Waals surface area contributed by atoms with E-state index in [2.05, 4.69) is 17.0 Å². The molecule has 1 atom stereocenters. The van der Waals surface area contributed by atoms with Crippen molar-refractivity contribution in [2.75, 3.05) is 13.7 Å². The molecular weight excluding hydrogens is 190 g/mol. The summed E-state index contributed by atoms with van der Waals surface area (Å²) in [7, 11) is 2.03. The zero-order valence-corrected chi connectivity index (χ0v) is 8.85. The van der Waals surface area contributed by atoms with E-state index in [0.29, 0.717) is 13.0 Å². The second-order valence-corrected chi connectivity index (χ2v) is 3.94. The number of rotatable bonds is 3. The van der Waals surface area contributed by atoms with Gasteiger partial charge in [0.1, 0.15) is 6.61 Å². The summed E-state index contributed by atoms with van der Waals surface area (Å²) in [5.41, 5.74) is 1.26. The van der Waals surface area contributed by atoms with Gasteiger partial charge in [0.25, 0.3) is 0 Å². The van der Waals surface area contributed by atoms with Crippen molar-refractivity contribution in [2.45, 2.75) is 19.0 Å². The average Bonchev–Trinajstić information content (AvgIpc) is 2.66. The van der Waals surface area contributed by atoms with Gasteiger partial charge in [-0.25, -0.2) is 0 Å². The molecule has 15 heavy (non-hydrogen) atoms. The van der Waals surface area contributed by atoms with Crippen molar-refractivity contribution in [3.63, 3.8) is 0 Å². The molecule has 1 aromatic rings. The highest BCUT2D eigenvalue weighted by molar-refractivity contribution is 5.72. The fourth-order valence-electron chi connectivity index (χ4n) is 1.78. The molecule has 0 N–H and O–H groups in total. The van der Waals surface area contributed by atoms with E-state index >= 15 is 0 Å². The summed E-state index contributed by atoms with van der Waals surface area (Å²) >= 11 is 0. The lowest BCUT2D eigenvalue weighted by atomic mass is 10.1. The maximum Gasteiger partial charge on any atom is 0.307 e. The SMILES string of the molecule is CN(Cc1ccccc1)C1COC(=O)C1. The van der Waals surface area contributed by atoms with Crippen LogP contribution in [-0.2, 0) is 16.1 Å². The fraction of sp³-hybridized carbons (Fsp3) is 0.417. The van der Waals surface area contributed by atoms with Crippen LogP contribution in [-0.4, -0.2) is 30.6 Å². The number of esters is 1. The number of nitrogens with zero attached hydrogens (tertiary/aromatic N) is 1. The minimum Gasteiger partial charge on any atom is -0.464 e. The second kappa shape index (κ2) is 4.45. The Hall–Kier alpha value is -1.35. The monoisotopic (exact) mass is 205 g/mol. The first kappa shape index (κ1) is 10.2. The molecule has 0 amide bonds. The van der Waals surface area contributed by atoms with E-state index in [-0.39, 0.29) is 12.0 Å². The van der Waals surface area contributed by atoms with Gasteiger partial charge >= 0.3 is 5.97 Å². The van der Waals surface area contributed by atoms with E-state index < -0.39 is 0 Å². The van der Waals surface area contributed by atoms with Crippen molar-refractivity contribution in [2.24, 2.45) is 0 Å². The van der Waals surface area contributed by atoms with Gasteiger partial charge in [-0.05, 0) is 12.6 Å². The van der Waals surface area contributed by atoms with Crippen LogP contribution in [0.25, 0.3) is 0 Å². The van der Waals surface area contributed by atoms with Crippen molar-refractivity contribution in [1.82, 2.24) is 4.90 Å². The van der Waals surface area contributed by atoms with Crippen LogP contribution < -0.4 is 0 Å². The van der Waals surface area contributed by atoms with Gasteiger partial charge in [-0.15, -0.1) is 0 Å². The maximum atomic E-state index is 11.0. The molecule has 1 aliphatic rings. The number of carbonyl (C=O) groups excluding carboxylic acids is 1. The zero-order valence-electron chi connectivity index (χ0n) is 8.85. The lowest BCUT2D eigenvalue weighted by Crippen LogP contribution is -2.31. The molecule has 1 saturated heterocycles. The Balaban J connectivity index is 1.92. The number of cyclic esters (lactones) is 1. The number of benzene rings is 1. The molecule has 1 fully saturated rings. The number of ether oxygens (including phenoxy) is 1. The van der Waals surface area contributed by atoms with Crippen LogP contribution in [0.5, 0.6) is 0 Å². The van der Waals surface area contributed by atoms with Gasteiger partial charge in [0.15, 0.2) is 0 Å². The molecule has 0 aliphatic carbocycles. The predicted octanol–water partition coefficient (Wildman–Crippen LogP) is 1.43. The molecule has 0 spiro atoms. The molecule has 1 unspecified atom stereocenters. The first-order valence-electron chi connectivity index (χ1n) is 5.15. The molecule has 0 aromatic heterocycles. The van der Waals surface area contributed by atoms with Crippen molar-refractivity contribution in [1.29, 1.82) is 0 Å². The highest BCUT2D eigenvalue weighted by Gasteiger charge is 2.26. The third-order valence-corrected chi connectivity index (χ3v) is 2.74. The third-order valence-electron chi connectivity index (χ3n) is 2.74. The molecule has 0 radical (unpaired) electrons. The highest BCUT2D eigenvalue weighted by Crippen LogP contribution is 2.14. The van der Waals surface area contributed by atoms with Gasteiger partial charge in [-0.2, -0.15) is 0 Å². The molecule has 0 saturated carbocycles. The normalized spacial score (nSPS) is 20.7. The summed E-state index contributed by atoms with van der Waals surface area (Å²) in [6.07, 6.45) is 0.517. The van der Waals surface area contributed by atoms with Crippen LogP contribution in [0.15, 0.2) is 30.3 Å². The Kier molecular flexibility index (Phi) is 3.02. The highest BCUT2D eigenvalue weighted by atomic mass is 16.5. The van der Waals surface area contributed by atoms with Crippen LogP contribution in [0.3, 0.4) is 0 Å². The van der Waals surface area contributed by atoms with Gasteiger partial charge in [-0.1, -0.05) is 30.3 Å². The fourth-order valence-corrected chi connectivity index (χ4v) is 1.78. The molecule has 1 aliphatic heterocycles. The summed E-state index contributed by atoms with van der Waals surface area (Å²) in [5.74, 6) is -0.0834. The van der Waals surface area contributed by atoms with Crippen LogP contribution >= 0.6 is 0 Å². The van der Waals surface area contributed by atoms with Gasteiger partial charge in [0, 0.05) is 6.54 Å². The summed E-state index contributed by atoms with van der Waals surface area (Å²) in [6, 6.07) is 10.5. The summed E-state index contributed by atoms with van der Waals surface area (Å²) < 4.78 is 4.94. The van der Waals surface area contributed by atoms with Crippen molar-refractivity contribution >= 4 is 5.97 Å². The third kappa shape index (κ3) is 2.57. The molecule has 3 heteroatoms. The largest absolute Gasteiger partial charge is 0.464 e. The quantitative estimate of drug-likeness (QED) is 0.699. The molecule has 2 rings (SSSR count). The van der Waals surface area contributed by atoms with Crippen molar-refractivity contribution in [3.8, 4) is 0 Å². The van der Waals surface area contributed by atoms with E-state index in [0.717, 1.165) is 6.54 Å². The smallest absolute Gasteiger partial charge is 0.307 e. The first-order valence-corrected chi connectivity index (χ1v) is 5.15. The van der Waals surface area contributed by atoms with E-state index in [9.17, 15) is 4.79 Å². The molecule has 3 nitrogen and oxygen atoms in total. The Morgan fingerprint density at radius 2 is 2.13 bits per heavy atom. The van der Waals surface area contributed by atoms with Crippen LogP contribution in [0.1, 0.15) is 12.0 Å². The van der Waals surface area contributed by atoms with Gasteiger partial charge in [0.2, 0.25) is 0 Å². The number of likely N-dealkylation sites (N-methyl/N-ethyl adjacent to an activating group) is 1. The summed E-state index contributed by atoms with van der Waals surface area (Å²) in [6.45, 7) is 1.39. The summed E-state index contributed by atoms with van der Waals surface area (Å²) in [5, 5.41) is 0. The second-order valence-electron chi connectivity index (χ2n) is 3.94. The molecule has 0 bridgehead atoms. The number of hydrogen-bond donors (Lipinski definition) is 0. The Morgan fingerprint density at radius 3 is 2.73 bits per heavy atom. The maximum absolute atomic E-state index is 11.0. The lowest BCUT2D eigenvalue weighted by Gasteiger charge is -2.21. The van der Waals surface area contributed by atoms with Crippen LogP contribution in [0.2, 0.25) is 0 Å². The van der Waals surface area contributed by atoms with Gasteiger partial charge < -0.3 is 4.74 Å². The molecular formula is C12H15NO2.